The van der Waals surface area contributed by atoms with Crippen LogP contribution in [0.5, 0.6) is 23.0 Å². The Morgan fingerprint density at radius 2 is 1.67 bits per heavy atom. The number of aliphatic carboxylic acids is 2. The van der Waals surface area contributed by atoms with Crippen molar-refractivity contribution < 1.29 is 48.0 Å². The Labute approximate surface area is 246 Å². The van der Waals surface area contributed by atoms with Crippen molar-refractivity contribution >= 4 is 20.5 Å². The van der Waals surface area contributed by atoms with Gasteiger partial charge in [0, 0.05) is 30.2 Å². The molecule has 2 atom stereocenters. The van der Waals surface area contributed by atoms with Crippen molar-refractivity contribution in [1.82, 2.24) is 5.32 Å². The minimum absolute atomic E-state index is 0.0476. The molecule has 2 aromatic rings. The summed E-state index contributed by atoms with van der Waals surface area (Å²) in [6, 6.07) is 12.4. The first-order chi connectivity index (χ1) is 20.1. The second kappa shape index (κ2) is 13.8. The fourth-order valence-corrected chi connectivity index (χ4v) is 8.62. The summed E-state index contributed by atoms with van der Waals surface area (Å²) in [6.07, 6.45) is 4.20. The van der Waals surface area contributed by atoms with Crippen LogP contribution in [0.2, 0.25) is 12.1 Å². The quantitative estimate of drug-likeness (QED) is 0.161. The van der Waals surface area contributed by atoms with Crippen LogP contribution in [-0.2, 0) is 27.0 Å². The Morgan fingerprint density at radius 1 is 1.00 bits per heavy atom. The molecule has 0 saturated carbocycles. The maximum absolute atomic E-state index is 11.5. The minimum atomic E-state index is -2.79. The number of rotatable bonds is 16. The van der Waals surface area contributed by atoms with Gasteiger partial charge in [-0.1, -0.05) is 45.6 Å². The van der Waals surface area contributed by atoms with Gasteiger partial charge in [-0.3, -0.25) is 0 Å². The standard InChI is InChI=1S/C30H41NO10Si/c1-4-6-12-42(13-7-5-2)38-18-22-16-24(9-11-25(22)41-42)37-19-23(32)17-31-20(3)14-21-8-10-26-27(15-21)40-30(39-26,28(33)34)29(35)36/h8-11,15-16,20,23,31-32H,4-7,12-14,17-19H2,1-3H3,(H,33,34)(H,35,36). The summed E-state index contributed by atoms with van der Waals surface area (Å²) >= 11 is 0. The van der Waals surface area contributed by atoms with Gasteiger partial charge in [-0.15, -0.1) is 0 Å². The molecule has 0 fully saturated rings. The van der Waals surface area contributed by atoms with Crippen LogP contribution in [-0.4, -0.2) is 66.9 Å². The lowest BCUT2D eigenvalue weighted by Crippen LogP contribution is -2.54. The van der Waals surface area contributed by atoms with Crippen molar-refractivity contribution in [3.05, 3.63) is 47.5 Å². The zero-order valence-corrected chi connectivity index (χ0v) is 25.4. The predicted molar refractivity (Wildman–Crippen MR) is 155 cm³/mol. The van der Waals surface area contributed by atoms with Crippen molar-refractivity contribution in [3.8, 4) is 23.0 Å². The lowest BCUT2D eigenvalue weighted by atomic mass is 10.1. The molecule has 2 aliphatic rings. The lowest BCUT2D eigenvalue weighted by Gasteiger charge is -2.36. The highest BCUT2D eigenvalue weighted by Crippen LogP contribution is 2.41. The molecule has 4 N–H and O–H groups in total. The van der Waals surface area contributed by atoms with Gasteiger partial charge < -0.3 is 43.7 Å². The molecular formula is C30H41NO10Si. The van der Waals surface area contributed by atoms with E-state index in [-0.39, 0.29) is 30.7 Å². The van der Waals surface area contributed by atoms with E-state index in [9.17, 15) is 24.9 Å². The number of aliphatic hydroxyl groups is 1. The molecule has 2 unspecified atom stereocenters. The van der Waals surface area contributed by atoms with Gasteiger partial charge in [-0.25, -0.2) is 9.59 Å². The summed E-state index contributed by atoms with van der Waals surface area (Å²) in [6.45, 7) is 7.20. The number of hydrogen-bond donors (Lipinski definition) is 4. The van der Waals surface area contributed by atoms with Crippen molar-refractivity contribution in [3.63, 3.8) is 0 Å². The number of nitrogens with one attached hydrogen (secondary N) is 1. The van der Waals surface area contributed by atoms with Crippen molar-refractivity contribution in [2.45, 2.75) is 89.5 Å². The van der Waals surface area contributed by atoms with Crippen LogP contribution in [0, 0.1) is 0 Å². The molecule has 12 heteroatoms. The van der Waals surface area contributed by atoms with E-state index in [0.29, 0.717) is 18.8 Å². The van der Waals surface area contributed by atoms with E-state index < -0.39 is 32.4 Å². The maximum Gasteiger partial charge on any atom is 0.453 e. The molecule has 0 aromatic heterocycles. The Bertz CT molecular complexity index is 1230. The summed E-state index contributed by atoms with van der Waals surface area (Å²) < 4.78 is 29.0. The molecule has 2 aliphatic heterocycles. The second-order valence-corrected chi connectivity index (χ2v) is 14.3. The number of benzene rings is 2. The van der Waals surface area contributed by atoms with Crippen LogP contribution in [0.3, 0.4) is 0 Å². The normalized spacial score (nSPS) is 17.5. The average Bonchev–Trinajstić information content (AvgIpc) is 3.38. The topological polar surface area (TPSA) is 153 Å². The van der Waals surface area contributed by atoms with Crippen LogP contribution in [0.4, 0.5) is 0 Å². The molecule has 2 heterocycles. The van der Waals surface area contributed by atoms with Gasteiger partial charge in [0.05, 0.1) is 6.61 Å². The number of aliphatic hydroxyl groups excluding tert-OH is 1. The van der Waals surface area contributed by atoms with E-state index in [1.54, 1.807) is 12.1 Å². The first-order valence-electron chi connectivity index (χ1n) is 14.6. The minimum Gasteiger partial charge on any atom is -0.520 e. The number of carboxylic acids is 2. The molecule has 0 radical (unpaired) electrons. The molecule has 42 heavy (non-hydrogen) atoms. The van der Waals surface area contributed by atoms with E-state index >= 15 is 0 Å². The van der Waals surface area contributed by atoms with Gasteiger partial charge in [-0.05, 0) is 49.2 Å². The first kappa shape index (κ1) is 31.6. The second-order valence-electron chi connectivity index (χ2n) is 11.0. The molecule has 0 aliphatic carbocycles. The summed E-state index contributed by atoms with van der Waals surface area (Å²) in [5.41, 5.74) is 1.74. The largest absolute Gasteiger partial charge is 0.520 e. The van der Waals surface area contributed by atoms with E-state index in [2.05, 4.69) is 19.2 Å². The Morgan fingerprint density at radius 3 is 2.33 bits per heavy atom. The molecule has 0 bridgehead atoms. The monoisotopic (exact) mass is 603 g/mol. The highest BCUT2D eigenvalue weighted by atomic mass is 28.4. The number of unbranched alkanes of at least 4 members (excludes halogenated alkanes) is 2. The van der Waals surface area contributed by atoms with Crippen LogP contribution in [0.25, 0.3) is 0 Å². The maximum atomic E-state index is 11.5. The van der Waals surface area contributed by atoms with Gasteiger partial charge >= 0.3 is 26.3 Å². The highest BCUT2D eigenvalue weighted by molar-refractivity contribution is 6.68. The SMILES string of the molecule is CCCC[Si]1(CCCC)OCc2cc(OCC(O)CNC(C)Cc3ccc4c(c3)OC(C(=O)O)(C(=O)O)O4)ccc2O1. The van der Waals surface area contributed by atoms with Gasteiger partial charge in [0.25, 0.3) is 0 Å². The molecule has 0 saturated heterocycles. The Kier molecular flexibility index (Phi) is 10.4. The van der Waals surface area contributed by atoms with E-state index in [1.807, 2.05) is 25.1 Å². The Balaban J connectivity index is 1.24. The summed E-state index contributed by atoms with van der Waals surface area (Å²) in [7, 11) is -2.25. The van der Waals surface area contributed by atoms with Crippen LogP contribution in [0.15, 0.2) is 36.4 Å². The number of carboxylic acid groups (broad SMARTS) is 2. The zero-order valence-electron chi connectivity index (χ0n) is 24.4. The number of hydrogen-bond acceptors (Lipinski definition) is 9. The number of fused-ring (bicyclic) bond motifs is 2. The van der Waals surface area contributed by atoms with Gasteiger partial charge in [0.1, 0.15) is 24.2 Å². The first-order valence-corrected chi connectivity index (χ1v) is 16.8. The van der Waals surface area contributed by atoms with Crippen molar-refractivity contribution in [2.24, 2.45) is 0 Å². The lowest BCUT2D eigenvalue weighted by molar-refractivity contribution is -0.194. The molecule has 0 spiro atoms. The smallest absolute Gasteiger partial charge is 0.453 e. The fourth-order valence-electron chi connectivity index (χ4n) is 5.02. The summed E-state index contributed by atoms with van der Waals surface area (Å²) in [5.74, 6) is -4.66. The van der Waals surface area contributed by atoms with E-state index in [1.165, 1.54) is 6.07 Å². The fraction of sp³-hybridized carbons (Fsp3) is 0.533. The Hall–Kier alpha value is -3.32. The molecule has 4 rings (SSSR count). The van der Waals surface area contributed by atoms with Crippen molar-refractivity contribution in [1.29, 1.82) is 0 Å². The molecule has 230 valence electrons. The van der Waals surface area contributed by atoms with Gasteiger partial charge in [-0.2, -0.15) is 0 Å². The summed E-state index contributed by atoms with van der Waals surface area (Å²) in [5, 5.41) is 32.4. The van der Waals surface area contributed by atoms with Crippen LogP contribution >= 0.6 is 0 Å². The molecular weight excluding hydrogens is 562 g/mol. The number of ether oxygens (including phenoxy) is 3. The van der Waals surface area contributed by atoms with E-state index in [4.69, 9.17) is 23.1 Å². The van der Waals surface area contributed by atoms with E-state index in [0.717, 1.165) is 54.6 Å². The molecule has 2 aromatic carbocycles. The van der Waals surface area contributed by atoms with Crippen LogP contribution < -0.4 is 24.0 Å². The highest BCUT2D eigenvalue weighted by Gasteiger charge is 2.57. The zero-order chi connectivity index (χ0) is 30.3. The molecule has 0 amide bonds. The van der Waals surface area contributed by atoms with Crippen molar-refractivity contribution in [2.75, 3.05) is 13.2 Å². The predicted octanol–water partition coefficient (Wildman–Crippen LogP) is 4.24. The summed E-state index contributed by atoms with van der Waals surface area (Å²) in [4.78, 5) is 22.9. The van der Waals surface area contributed by atoms with Crippen LogP contribution in [0.1, 0.15) is 57.6 Å². The third-order valence-electron chi connectivity index (χ3n) is 7.41. The third kappa shape index (κ3) is 7.35. The molecule has 11 nitrogen and oxygen atoms in total. The van der Waals surface area contributed by atoms with Gasteiger partial charge in [0.15, 0.2) is 11.5 Å². The number of carbonyl (C=O) groups is 2. The third-order valence-corrected chi connectivity index (χ3v) is 10.9. The van der Waals surface area contributed by atoms with Gasteiger partial charge in [0.2, 0.25) is 0 Å². The average molecular weight is 604 g/mol.